The van der Waals surface area contributed by atoms with Gasteiger partial charge in [-0.1, -0.05) is 18.2 Å². The van der Waals surface area contributed by atoms with Crippen molar-refractivity contribution in [3.8, 4) is 11.5 Å². The second-order valence-corrected chi connectivity index (χ2v) is 7.05. The number of ether oxygens (including phenoxy) is 2. The molecule has 0 unspecified atom stereocenters. The molecule has 27 heavy (non-hydrogen) atoms. The van der Waals surface area contributed by atoms with Crippen LogP contribution in [0.3, 0.4) is 0 Å². The normalized spacial score (nSPS) is 16.0. The minimum atomic E-state index is -0.134. The number of benzene rings is 2. The number of hydrogen-bond acceptors (Lipinski definition) is 4. The first-order valence-electron chi connectivity index (χ1n) is 9.38. The van der Waals surface area contributed by atoms with Gasteiger partial charge in [-0.3, -0.25) is 9.78 Å². The van der Waals surface area contributed by atoms with Gasteiger partial charge in [-0.25, -0.2) is 0 Å². The molecular weight excluding hydrogens is 340 g/mol. The van der Waals surface area contributed by atoms with E-state index in [-0.39, 0.29) is 5.91 Å². The number of anilines is 1. The van der Waals surface area contributed by atoms with Crippen LogP contribution in [-0.4, -0.2) is 24.1 Å². The van der Waals surface area contributed by atoms with E-state index < -0.39 is 0 Å². The van der Waals surface area contributed by atoms with Crippen LogP contribution < -0.4 is 14.8 Å². The molecule has 1 amide bonds. The second-order valence-electron chi connectivity index (χ2n) is 7.05. The summed E-state index contributed by atoms with van der Waals surface area (Å²) in [4.78, 5) is 17.8. The zero-order chi connectivity index (χ0) is 18.2. The molecule has 2 aliphatic rings. The Kier molecular flexibility index (Phi) is 3.93. The van der Waals surface area contributed by atoms with Crippen molar-refractivity contribution in [2.45, 2.75) is 25.2 Å². The van der Waals surface area contributed by atoms with Crippen LogP contribution >= 0.6 is 0 Å². The number of carbonyl (C=O) groups is 1. The van der Waals surface area contributed by atoms with E-state index in [1.165, 1.54) is 0 Å². The van der Waals surface area contributed by atoms with Crippen LogP contribution in [0.1, 0.15) is 41.2 Å². The van der Waals surface area contributed by atoms with Crippen molar-refractivity contribution in [1.82, 2.24) is 4.98 Å². The molecule has 3 aromatic rings. The van der Waals surface area contributed by atoms with Crippen molar-refractivity contribution in [3.63, 3.8) is 0 Å². The van der Waals surface area contributed by atoms with Gasteiger partial charge in [-0.2, -0.15) is 0 Å². The molecule has 1 saturated carbocycles. The van der Waals surface area contributed by atoms with Crippen LogP contribution in [0.2, 0.25) is 0 Å². The van der Waals surface area contributed by atoms with Crippen LogP contribution in [0.5, 0.6) is 11.5 Å². The molecule has 5 heteroatoms. The van der Waals surface area contributed by atoms with Crippen LogP contribution in [0, 0.1) is 0 Å². The lowest BCUT2D eigenvalue weighted by molar-refractivity contribution is 0.102. The zero-order valence-electron chi connectivity index (χ0n) is 14.9. The number of para-hydroxylation sites is 1. The molecule has 0 bridgehead atoms. The van der Waals surface area contributed by atoms with Crippen molar-refractivity contribution < 1.29 is 14.3 Å². The lowest BCUT2D eigenvalue weighted by atomic mass is 10.1. The van der Waals surface area contributed by atoms with Gasteiger partial charge in [-0.05, 0) is 37.1 Å². The highest BCUT2D eigenvalue weighted by Crippen LogP contribution is 2.40. The molecule has 5 nitrogen and oxygen atoms in total. The van der Waals surface area contributed by atoms with Gasteiger partial charge in [0.2, 0.25) is 0 Å². The molecule has 1 aromatic heterocycles. The summed E-state index contributed by atoms with van der Waals surface area (Å²) in [7, 11) is 0. The Balaban J connectivity index is 1.48. The van der Waals surface area contributed by atoms with Gasteiger partial charge in [0.05, 0.1) is 24.3 Å². The van der Waals surface area contributed by atoms with Crippen LogP contribution in [-0.2, 0) is 0 Å². The highest BCUT2D eigenvalue weighted by atomic mass is 16.5. The molecule has 1 aliphatic heterocycles. The van der Waals surface area contributed by atoms with Crippen LogP contribution in [0.15, 0.2) is 48.5 Å². The summed E-state index contributed by atoms with van der Waals surface area (Å²) in [5.74, 6) is 1.74. The summed E-state index contributed by atoms with van der Waals surface area (Å²) in [5.41, 5.74) is 3.23. The van der Waals surface area contributed by atoms with Crippen molar-refractivity contribution >= 4 is 22.5 Å². The van der Waals surface area contributed by atoms with Crippen molar-refractivity contribution in [2.75, 3.05) is 18.5 Å². The quantitative estimate of drug-likeness (QED) is 0.746. The third-order valence-corrected chi connectivity index (χ3v) is 4.98. The SMILES string of the molecule is O=C(Nc1ccc2c(c1)OCCCO2)c1cc(C2CC2)nc2ccccc12. The zero-order valence-corrected chi connectivity index (χ0v) is 14.9. The number of nitrogens with one attached hydrogen (secondary N) is 1. The first-order valence-corrected chi connectivity index (χ1v) is 9.38. The van der Waals surface area contributed by atoms with Gasteiger partial charge in [-0.15, -0.1) is 0 Å². The van der Waals surface area contributed by atoms with Crippen LogP contribution in [0.25, 0.3) is 10.9 Å². The molecule has 0 atom stereocenters. The molecule has 1 aliphatic carbocycles. The van der Waals surface area contributed by atoms with Gasteiger partial charge < -0.3 is 14.8 Å². The summed E-state index contributed by atoms with van der Waals surface area (Å²) in [6.07, 6.45) is 3.15. The van der Waals surface area contributed by atoms with E-state index in [4.69, 9.17) is 14.5 Å². The average Bonchev–Trinajstić information content (AvgIpc) is 3.54. The maximum Gasteiger partial charge on any atom is 0.256 e. The molecule has 0 saturated heterocycles. The van der Waals surface area contributed by atoms with Crippen LogP contribution in [0.4, 0.5) is 5.69 Å². The second kappa shape index (κ2) is 6.58. The topological polar surface area (TPSA) is 60.5 Å². The maximum absolute atomic E-state index is 13.0. The summed E-state index contributed by atoms with van der Waals surface area (Å²) in [6.45, 7) is 1.26. The van der Waals surface area contributed by atoms with Gasteiger partial charge in [0.25, 0.3) is 5.91 Å². The fraction of sp³-hybridized carbons (Fsp3) is 0.273. The summed E-state index contributed by atoms with van der Waals surface area (Å²) in [5, 5.41) is 3.87. The smallest absolute Gasteiger partial charge is 0.256 e. The number of amides is 1. The van der Waals surface area contributed by atoms with E-state index >= 15 is 0 Å². The highest BCUT2D eigenvalue weighted by molar-refractivity contribution is 6.12. The number of nitrogens with zero attached hydrogens (tertiary/aromatic N) is 1. The van der Waals surface area contributed by atoms with Gasteiger partial charge in [0.1, 0.15) is 0 Å². The third-order valence-electron chi connectivity index (χ3n) is 4.98. The number of rotatable bonds is 3. The predicted molar refractivity (Wildman–Crippen MR) is 104 cm³/mol. The minimum Gasteiger partial charge on any atom is -0.490 e. The number of hydrogen-bond donors (Lipinski definition) is 1. The van der Waals surface area contributed by atoms with E-state index in [9.17, 15) is 4.79 Å². The summed E-state index contributed by atoms with van der Waals surface area (Å²) < 4.78 is 11.4. The number of carbonyl (C=O) groups excluding carboxylic acids is 1. The molecule has 1 fully saturated rings. The molecule has 2 aromatic carbocycles. The first kappa shape index (κ1) is 16.1. The van der Waals surface area contributed by atoms with Crippen molar-refractivity contribution in [3.05, 3.63) is 59.8 Å². The van der Waals surface area contributed by atoms with Gasteiger partial charge in [0, 0.05) is 35.2 Å². The fourth-order valence-corrected chi connectivity index (χ4v) is 3.41. The highest BCUT2D eigenvalue weighted by Gasteiger charge is 2.27. The fourth-order valence-electron chi connectivity index (χ4n) is 3.41. The summed E-state index contributed by atoms with van der Waals surface area (Å²) in [6, 6.07) is 15.3. The van der Waals surface area contributed by atoms with Gasteiger partial charge >= 0.3 is 0 Å². The Morgan fingerprint density at radius 2 is 1.81 bits per heavy atom. The Hall–Kier alpha value is -3.08. The first-order chi connectivity index (χ1) is 13.3. The lowest BCUT2D eigenvalue weighted by Gasteiger charge is -2.12. The van der Waals surface area contributed by atoms with Crippen molar-refractivity contribution in [1.29, 1.82) is 0 Å². The van der Waals surface area contributed by atoms with E-state index in [0.717, 1.165) is 41.6 Å². The molecular formula is C22H20N2O3. The third kappa shape index (κ3) is 3.21. The molecule has 0 radical (unpaired) electrons. The van der Waals surface area contributed by atoms with E-state index in [0.29, 0.717) is 36.1 Å². The number of fused-ring (bicyclic) bond motifs is 2. The Morgan fingerprint density at radius 1 is 1.00 bits per heavy atom. The Labute approximate surface area is 157 Å². The molecule has 0 spiro atoms. The number of pyridine rings is 1. The largest absolute Gasteiger partial charge is 0.490 e. The molecule has 136 valence electrons. The monoisotopic (exact) mass is 360 g/mol. The summed E-state index contributed by atoms with van der Waals surface area (Å²) >= 11 is 0. The van der Waals surface area contributed by atoms with E-state index in [1.807, 2.05) is 48.5 Å². The molecule has 2 heterocycles. The maximum atomic E-state index is 13.0. The van der Waals surface area contributed by atoms with E-state index in [2.05, 4.69) is 5.32 Å². The van der Waals surface area contributed by atoms with Crippen molar-refractivity contribution in [2.24, 2.45) is 0 Å². The molecule has 1 N–H and O–H groups in total. The average molecular weight is 360 g/mol. The molecule has 5 rings (SSSR count). The standard InChI is InChI=1S/C22H20N2O3/c25-22(23-15-8-9-20-21(12-15)27-11-3-10-26-20)17-13-19(14-6-7-14)24-18-5-2-1-4-16(17)18/h1-2,4-5,8-9,12-14H,3,6-7,10-11H2,(H,23,25). The predicted octanol–water partition coefficient (Wildman–Crippen LogP) is 4.53. The van der Waals surface area contributed by atoms with E-state index in [1.54, 1.807) is 0 Å². The Bertz CT molecular complexity index is 1030. The Morgan fingerprint density at radius 3 is 2.67 bits per heavy atom. The minimum absolute atomic E-state index is 0.134. The lowest BCUT2D eigenvalue weighted by Crippen LogP contribution is -2.13. The number of aromatic nitrogens is 1. The van der Waals surface area contributed by atoms with Gasteiger partial charge in [0.15, 0.2) is 11.5 Å².